The number of carbonyl (C=O) groups is 3. The summed E-state index contributed by atoms with van der Waals surface area (Å²) >= 11 is 0. The van der Waals surface area contributed by atoms with Crippen LogP contribution in [0.3, 0.4) is 0 Å². The molecule has 4 aromatic carbocycles. The second kappa shape index (κ2) is 10.8. The Morgan fingerprint density at radius 2 is 1.42 bits per heavy atom. The molecule has 2 N–H and O–H groups in total. The van der Waals surface area contributed by atoms with Crippen LogP contribution in [0.2, 0.25) is 0 Å². The maximum absolute atomic E-state index is 12.9. The molecule has 5 rings (SSSR count). The van der Waals surface area contributed by atoms with E-state index < -0.39 is 24.0 Å². The molecule has 0 aliphatic heterocycles. The predicted octanol–water partition coefficient (Wildman–Crippen LogP) is 5.49. The van der Waals surface area contributed by atoms with Crippen molar-refractivity contribution in [3.05, 3.63) is 136 Å². The van der Waals surface area contributed by atoms with Gasteiger partial charge in [0.2, 0.25) is 5.56 Å². The Hall–Kier alpha value is -5.30. The summed E-state index contributed by atoms with van der Waals surface area (Å²) in [6, 6.07) is 31.3. The van der Waals surface area contributed by atoms with Crippen LogP contribution in [-0.4, -0.2) is 29.3 Å². The summed E-state index contributed by atoms with van der Waals surface area (Å²) in [6.07, 6.45) is 0. The Balaban J connectivity index is 1.23. The molecule has 1 aromatic heterocycles. The number of para-hydroxylation sites is 1. The Kier molecular flexibility index (Phi) is 6.91. The molecule has 0 fully saturated rings. The molecule has 1 heterocycles. The summed E-state index contributed by atoms with van der Waals surface area (Å²) in [7, 11) is 0. The lowest BCUT2D eigenvalue weighted by Crippen LogP contribution is -2.17. The van der Waals surface area contributed by atoms with Crippen molar-refractivity contribution < 1.29 is 19.1 Å². The van der Waals surface area contributed by atoms with E-state index in [0.717, 1.165) is 11.1 Å². The minimum atomic E-state index is -0.697. The molecule has 0 spiro atoms. The highest BCUT2D eigenvalue weighted by Gasteiger charge is 2.15. The third kappa shape index (κ3) is 5.42. The second-order valence-corrected chi connectivity index (χ2v) is 8.57. The summed E-state index contributed by atoms with van der Waals surface area (Å²) in [5, 5.41) is 3.31. The van der Waals surface area contributed by atoms with Crippen molar-refractivity contribution in [1.29, 1.82) is 0 Å². The first kappa shape index (κ1) is 24.4. The number of aromatic amines is 1. The van der Waals surface area contributed by atoms with Crippen LogP contribution >= 0.6 is 0 Å². The smallest absolute Gasteiger partial charge is 0.338 e. The van der Waals surface area contributed by atoms with E-state index in [1.54, 1.807) is 48.5 Å². The van der Waals surface area contributed by atoms with E-state index in [2.05, 4.69) is 10.3 Å². The number of hydrogen-bond acceptors (Lipinski definition) is 5. The van der Waals surface area contributed by atoms with Gasteiger partial charge in [-0.25, -0.2) is 4.79 Å². The number of anilines is 1. The summed E-state index contributed by atoms with van der Waals surface area (Å²) in [4.78, 5) is 52.8. The van der Waals surface area contributed by atoms with Crippen LogP contribution in [0.25, 0.3) is 22.0 Å². The average molecular weight is 503 g/mol. The summed E-state index contributed by atoms with van der Waals surface area (Å²) < 4.78 is 5.23. The number of ketones is 1. The number of fused-ring (bicyclic) bond motifs is 1. The number of H-pyrrole nitrogens is 1. The molecular weight excluding hydrogens is 480 g/mol. The standard InChI is InChI=1S/C31H22N2O5/c34-28(22-15-13-21(14-16-22)20-7-2-1-3-8-20)19-38-31(37)23-9-6-10-24(17-23)32-30(36)26-18-29(35)33-27-12-5-4-11-25(26)27/h1-18H,19H2,(H,32,36)(H,33,35). The van der Waals surface area contributed by atoms with Crippen molar-refractivity contribution in [2.75, 3.05) is 11.9 Å². The number of Topliss-reactive ketones (excluding diaryl/α,β-unsaturated/α-hetero) is 1. The highest BCUT2D eigenvalue weighted by molar-refractivity contribution is 6.12. The van der Waals surface area contributed by atoms with Crippen molar-refractivity contribution >= 4 is 34.3 Å². The van der Waals surface area contributed by atoms with Crippen molar-refractivity contribution in [1.82, 2.24) is 4.98 Å². The molecule has 0 atom stereocenters. The molecule has 0 aliphatic rings. The Morgan fingerprint density at radius 3 is 2.21 bits per heavy atom. The number of rotatable bonds is 7. The van der Waals surface area contributed by atoms with Crippen molar-refractivity contribution in [2.45, 2.75) is 0 Å². The number of aromatic nitrogens is 1. The molecule has 0 radical (unpaired) electrons. The third-order valence-corrected chi connectivity index (χ3v) is 6.00. The molecule has 0 unspecified atom stereocenters. The van der Waals surface area contributed by atoms with Gasteiger partial charge in [-0.3, -0.25) is 14.4 Å². The summed E-state index contributed by atoms with van der Waals surface area (Å²) in [5.41, 5.74) is 3.32. The Morgan fingerprint density at radius 1 is 0.711 bits per heavy atom. The molecule has 0 saturated carbocycles. The second-order valence-electron chi connectivity index (χ2n) is 8.57. The number of nitrogens with one attached hydrogen (secondary N) is 2. The zero-order chi connectivity index (χ0) is 26.5. The molecule has 7 nitrogen and oxygen atoms in total. The van der Waals surface area contributed by atoms with Crippen molar-refractivity contribution in [2.24, 2.45) is 0 Å². The first-order valence-corrected chi connectivity index (χ1v) is 11.9. The molecule has 0 saturated heterocycles. The van der Waals surface area contributed by atoms with Crippen LogP contribution < -0.4 is 10.9 Å². The Labute approximate surface area is 217 Å². The fourth-order valence-corrected chi connectivity index (χ4v) is 4.09. The van der Waals surface area contributed by atoms with Gasteiger partial charge < -0.3 is 15.0 Å². The maximum atomic E-state index is 12.9. The van der Waals surface area contributed by atoms with Gasteiger partial charge in [-0.15, -0.1) is 0 Å². The first-order valence-electron chi connectivity index (χ1n) is 11.9. The highest BCUT2D eigenvalue weighted by Crippen LogP contribution is 2.20. The maximum Gasteiger partial charge on any atom is 0.338 e. The van der Waals surface area contributed by atoms with Gasteiger partial charge in [0, 0.05) is 28.2 Å². The molecule has 1 amide bonds. The van der Waals surface area contributed by atoms with E-state index in [1.807, 2.05) is 42.5 Å². The lowest BCUT2D eigenvalue weighted by atomic mass is 10.0. The fraction of sp³-hybridized carbons (Fsp3) is 0.0323. The molecule has 0 bridgehead atoms. The van der Waals surface area contributed by atoms with Crippen LogP contribution in [-0.2, 0) is 4.74 Å². The topological polar surface area (TPSA) is 105 Å². The van der Waals surface area contributed by atoms with E-state index >= 15 is 0 Å². The van der Waals surface area contributed by atoms with Gasteiger partial charge in [0.05, 0.1) is 11.1 Å². The number of hydrogen-bond donors (Lipinski definition) is 2. The van der Waals surface area contributed by atoms with Gasteiger partial charge in [0.25, 0.3) is 5.91 Å². The van der Waals surface area contributed by atoms with Gasteiger partial charge in [-0.2, -0.15) is 0 Å². The quantitative estimate of drug-likeness (QED) is 0.226. The number of ether oxygens (including phenoxy) is 1. The van der Waals surface area contributed by atoms with E-state index in [9.17, 15) is 19.2 Å². The highest BCUT2D eigenvalue weighted by atomic mass is 16.5. The summed E-state index contributed by atoms with van der Waals surface area (Å²) in [5.74, 6) is -1.52. The number of carbonyl (C=O) groups excluding carboxylic acids is 3. The minimum absolute atomic E-state index is 0.172. The lowest BCUT2D eigenvalue weighted by molar-refractivity contribution is 0.0474. The molecule has 38 heavy (non-hydrogen) atoms. The van der Waals surface area contributed by atoms with Gasteiger partial charge in [-0.05, 0) is 35.4 Å². The largest absolute Gasteiger partial charge is 0.454 e. The van der Waals surface area contributed by atoms with E-state index in [1.165, 1.54) is 18.2 Å². The number of esters is 1. The van der Waals surface area contributed by atoms with Gasteiger partial charge >= 0.3 is 5.97 Å². The molecule has 0 aliphatic carbocycles. The van der Waals surface area contributed by atoms with Gasteiger partial charge in [0.15, 0.2) is 12.4 Å². The van der Waals surface area contributed by atoms with E-state index in [-0.39, 0.29) is 16.9 Å². The normalized spacial score (nSPS) is 10.6. The summed E-state index contributed by atoms with van der Waals surface area (Å²) in [6.45, 7) is -0.418. The lowest BCUT2D eigenvalue weighted by Gasteiger charge is -2.10. The van der Waals surface area contributed by atoms with Gasteiger partial charge in [-0.1, -0.05) is 78.9 Å². The molecule has 5 aromatic rings. The van der Waals surface area contributed by atoms with Gasteiger partial charge in [0.1, 0.15) is 0 Å². The van der Waals surface area contributed by atoms with Crippen LogP contribution in [0.15, 0.2) is 114 Å². The number of benzene rings is 4. The predicted molar refractivity (Wildman–Crippen MR) is 145 cm³/mol. The van der Waals surface area contributed by atoms with Crippen LogP contribution in [0.1, 0.15) is 31.1 Å². The first-order chi connectivity index (χ1) is 18.5. The zero-order valence-corrected chi connectivity index (χ0v) is 20.1. The number of pyridine rings is 1. The van der Waals surface area contributed by atoms with Crippen LogP contribution in [0.4, 0.5) is 5.69 Å². The zero-order valence-electron chi connectivity index (χ0n) is 20.1. The van der Waals surface area contributed by atoms with Crippen LogP contribution in [0.5, 0.6) is 0 Å². The Bertz CT molecular complexity index is 1710. The van der Waals surface area contributed by atoms with E-state index in [0.29, 0.717) is 22.2 Å². The minimum Gasteiger partial charge on any atom is -0.454 e. The van der Waals surface area contributed by atoms with Crippen molar-refractivity contribution in [3.63, 3.8) is 0 Å². The fourth-order valence-electron chi connectivity index (χ4n) is 4.09. The molecule has 186 valence electrons. The molecular formula is C31H22N2O5. The van der Waals surface area contributed by atoms with Crippen LogP contribution in [0, 0.1) is 0 Å². The monoisotopic (exact) mass is 502 g/mol. The third-order valence-electron chi connectivity index (χ3n) is 6.00. The SMILES string of the molecule is O=C(COC(=O)c1cccc(NC(=O)c2cc(=O)[nH]c3ccccc23)c1)c1ccc(-c2ccccc2)cc1. The number of amides is 1. The van der Waals surface area contributed by atoms with E-state index in [4.69, 9.17) is 4.74 Å². The molecule has 7 heteroatoms. The average Bonchev–Trinajstić information content (AvgIpc) is 2.96. The van der Waals surface area contributed by atoms with Crippen molar-refractivity contribution in [3.8, 4) is 11.1 Å².